The molecule has 1 aliphatic heterocycles. The van der Waals surface area contributed by atoms with Crippen molar-refractivity contribution in [1.29, 1.82) is 0 Å². The van der Waals surface area contributed by atoms with E-state index in [0.29, 0.717) is 28.9 Å². The third kappa shape index (κ3) is 5.19. The average molecular weight is 431 g/mol. The first kappa shape index (κ1) is 20.8. The first-order valence-electron chi connectivity index (χ1n) is 9.85. The SMILES string of the molecule is FC(F)(F)c1ccc(Nc2cccnc2-c2nnco2)cc1.O=C1NCCC1C1CC1. The van der Waals surface area contributed by atoms with Crippen LogP contribution in [0.5, 0.6) is 0 Å². The van der Waals surface area contributed by atoms with Gasteiger partial charge in [-0.3, -0.25) is 4.79 Å². The zero-order valence-electron chi connectivity index (χ0n) is 16.4. The molecule has 7 nitrogen and oxygen atoms in total. The molecule has 5 rings (SSSR count). The van der Waals surface area contributed by atoms with Crippen LogP contribution in [0.1, 0.15) is 24.8 Å². The van der Waals surface area contributed by atoms with E-state index < -0.39 is 11.7 Å². The quantitative estimate of drug-likeness (QED) is 0.635. The number of anilines is 2. The third-order valence-electron chi connectivity index (χ3n) is 5.14. The molecule has 0 bridgehead atoms. The first-order chi connectivity index (χ1) is 14.9. The van der Waals surface area contributed by atoms with Crippen LogP contribution in [-0.4, -0.2) is 27.6 Å². The predicted molar refractivity (Wildman–Crippen MR) is 106 cm³/mol. The lowest BCUT2D eigenvalue weighted by Crippen LogP contribution is -2.19. The molecule has 162 valence electrons. The molecule has 1 saturated carbocycles. The highest BCUT2D eigenvalue weighted by Gasteiger charge is 2.38. The van der Waals surface area contributed by atoms with Crippen molar-refractivity contribution in [3.8, 4) is 11.6 Å². The van der Waals surface area contributed by atoms with Crippen molar-refractivity contribution in [3.05, 3.63) is 54.6 Å². The summed E-state index contributed by atoms with van der Waals surface area (Å²) in [6.45, 7) is 0.917. The van der Waals surface area contributed by atoms with Crippen LogP contribution < -0.4 is 10.6 Å². The maximum atomic E-state index is 12.5. The number of rotatable bonds is 4. The second kappa shape index (κ2) is 8.75. The molecule has 1 amide bonds. The highest BCUT2D eigenvalue weighted by atomic mass is 19.4. The lowest BCUT2D eigenvalue weighted by Gasteiger charge is -2.11. The van der Waals surface area contributed by atoms with Crippen LogP contribution in [0.15, 0.2) is 53.4 Å². The van der Waals surface area contributed by atoms with E-state index in [1.165, 1.54) is 31.4 Å². The molecule has 2 aliphatic rings. The standard InChI is InChI=1S/C14H9F3N4O.C7H11NO/c15-14(16,17)9-3-5-10(6-4-9)20-11-2-1-7-18-12(11)13-21-19-8-22-13;9-7-6(3-4-8-7)5-1-2-5/h1-8,20H;5-6H,1-4H2,(H,8,9). The van der Waals surface area contributed by atoms with Gasteiger partial charge in [0.15, 0.2) is 5.69 Å². The molecule has 31 heavy (non-hydrogen) atoms. The number of nitrogens with zero attached hydrogens (tertiary/aromatic N) is 3. The van der Waals surface area contributed by atoms with E-state index in [1.54, 1.807) is 18.3 Å². The number of hydrogen-bond acceptors (Lipinski definition) is 6. The number of benzene rings is 1. The Labute approximate surface area is 176 Å². The van der Waals surface area contributed by atoms with Gasteiger partial charge < -0.3 is 15.1 Å². The summed E-state index contributed by atoms with van der Waals surface area (Å²) in [6, 6.07) is 8.09. The van der Waals surface area contributed by atoms with Crippen LogP contribution in [0.3, 0.4) is 0 Å². The Hall–Kier alpha value is -3.43. The average Bonchev–Trinajstić information content (AvgIpc) is 3.26. The smallest absolute Gasteiger partial charge is 0.416 e. The van der Waals surface area contributed by atoms with Gasteiger partial charge in [-0.2, -0.15) is 13.2 Å². The number of alkyl halides is 3. The fourth-order valence-corrected chi connectivity index (χ4v) is 3.41. The highest BCUT2D eigenvalue weighted by molar-refractivity contribution is 5.81. The Morgan fingerprint density at radius 2 is 1.87 bits per heavy atom. The van der Waals surface area contributed by atoms with Gasteiger partial charge in [0.1, 0.15) is 0 Å². The van der Waals surface area contributed by atoms with Crippen LogP contribution in [0.25, 0.3) is 11.6 Å². The van der Waals surface area contributed by atoms with Crippen LogP contribution in [0.4, 0.5) is 24.5 Å². The number of pyridine rings is 1. The summed E-state index contributed by atoms with van der Waals surface area (Å²) in [5.74, 6) is 1.67. The maximum Gasteiger partial charge on any atom is 0.416 e. The van der Waals surface area contributed by atoms with Crippen LogP contribution in [-0.2, 0) is 11.0 Å². The Balaban J connectivity index is 0.000000212. The summed E-state index contributed by atoms with van der Waals surface area (Å²) in [7, 11) is 0. The molecular weight excluding hydrogens is 411 g/mol. The Morgan fingerprint density at radius 1 is 1.10 bits per heavy atom. The van der Waals surface area contributed by atoms with Crippen molar-refractivity contribution in [2.75, 3.05) is 11.9 Å². The minimum absolute atomic E-state index is 0.218. The van der Waals surface area contributed by atoms with Gasteiger partial charge in [0.25, 0.3) is 5.89 Å². The van der Waals surface area contributed by atoms with E-state index in [0.717, 1.165) is 31.0 Å². The normalized spacial score (nSPS) is 18.2. The molecule has 3 aromatic rings. The van der Waals surface area contributed by atoms with Crippen molar-refractivity contribution < 1.29 is 22.4 Å². The van der Waals surface area contributed by atoms with Crippen LogP contribution in [0, 0.1) is 11.8 Å². The van der Waals surface area contributed by atoms with Gasteiger partial charge >= 0.3 is 6.18 Å². The van der Waals surface area contributed by atoms with Gasteiger partial charge in [0.05, 0.1) is 11.3 Å². The zero-order valence-corrected chi connectivity index (χ0v) is 16.4. The van der Waals surface area contributed by atoms with E-state index in [2.05, 4.69) is 25.8 Å². The number of nitrogens with one attached hydrogen (secondary N) is 2. The summed E-state index contributed by atoms with van der Waals surface area (Å²) < 4.78 is 42.7. The van der Waals surface area contributed by atoms with E-state index in [9.17, 15) is 18.0 Å². The lowest BCUT2D eigenvalue weighted by molar-refractivity contribution is -0.137. The molecule has 1 unspecified atom stereocenters. The summed E-state index contributed by atoms with van der Waals surface area (Å²) >= 11 is 0. The van der Waals surface area contributed by atoms with E-state index >= 15 is 0 Å². The molecule has 1 aliphatic carbocycles. The summed E-state index contributed by atoms with van der Waals surface area (Å²) in [6.07, 6.45) is 2.03. The van der Waals surface area contributed by atoms with Crippen molar-refractivity contribution in [2.45, 2.75) is 25.4 Å². The van der Waals surface area contributed by atoms with Gasteiger partial charge in [-0.1, -0.05) is 0 Å². The van der Waals surface area contributed by atoms with E-state index in [4.69, 9.17) is 4.42 Å². The monoisotopic (exact) mass is 431 g/mol. The molecule has 2 fully saturated rings. The Morgan fingerprint density at radius 3 is 2.45 bits per heavy atom. The summed E-state index contributed by atoms with van der Waals surface area (Å²) in [5, 5.41) is 13.2. The second-order valence-electron chi connectivity index (χ2n) is 7.37. The van der Waals surface area contributed by atoms with Gasteiger partial charge in [-0.05, 0) is 61.6 Å². The van der Waals surface area contributed by atoms with Gasteiger partial charge in [-0.25, -0.2) is 4.98 Å². The predicted octanol–water partition coefficient (Wildman–Crippen LogP) is 4.43. The number of halogens is 3. The highest BCUT2D eigenvalue weighted by Crippen LogP contribution is 2.39. The zero-order chi connectivity index (χ0) is 21.8. The first-order valence-corrected chi connectivity index (χ1v) is 9.85. The summed E-state index contributed by atoms with van der Waals surface area (Å²) in [5.41, 5.74) is 0.745. The van der Waals surface area contributed by atoms with Crippen LogP contribution >= 0.6 is 0 Å². The number of hydrogen-bond donors (Lipinski definition) is 2. The molecule has 0 spiro atoms. The molecule has 10 heteroatoms. The molecule has 0 radical (unpaired) electrons. The van der Waals surface area contributed by atoms with Gasteiger partial charge in [-0.15, -0.1) is 10.2 Å². The van der Waals surface area contributed by atoms with Crippen LogP contribution in [0.2, 0.25) is 0 Å². The fraction of sp³-hybridized carbons (Fsp3) is 0.333. The number of carbonyl (C=O) groups is 1. The van der Waals surface area contributed by atoms with Crippen molar-refractivity contribution in [1.82, 2.24) is 20.5 Å². The van der Waals surface area contributed by atoms with Gasteiger partial charge in [0, 0.05) is 24.3 Å². The number of carbonyl (C=O) groups excluding carboxylic acids is 1. The second-order valence-corrected chi connectivity index (χ2v) is 7.37. The molecule has 3 heterocycles. The molecule has 1 aromatic carbocycles. The Bertz CT molecular complexity index is 1020. The Kier molecular flexibility index (Phi) is 5.88. The minimum atomic E-state index is -4.36. The summed E-state index contributed by atoms with van der Waals surface area (Å²) in [4.78, 5) is 15.1. The molecule has 1 atom stereocenters. The number of aromatic nitrogens is 3. The third-order valence-corrected chi connectivity index (χ3v) is 5.14. The maximum absolute atomic E-state index is 12.5. The minimum Gasteiger partial charge on any atom is -0.422 e. The molecule has 1 saturated heterocycles. The molecule has 2 N–H and O–H groups in total. The fourth-order valence-electron chi connectivity index (χ4n) is 3.41. The van der Waals surface area contributed by atoms with Crippen molar-refractivity contribution in [3.63, 3.8) is 0 Å². The molecule has 2 aromatic heterocycles. The largest absolute Gasteiger partial charge is 0.422 e. The van der Waals surface area contributed by atoms with E-state index in [-0.39, 0.29) is 5.89 Å². The number of amides is 1. The van der Waals surface area contributed by atoms with Crippen molar-refractivity contribution >= 4 is 17.3 Å². The van der Waals surface area contributed by atoms with Crippen molar-refractivity contribution in [2.24, 2.45) is 11.8 Å². The lowest BCUT2D eigenvalue weighted by atomic mass is 10.0. The van der Waals surface area contributed by atoms with E-state index in [1.807, 2.05) is 0 Å². The topological polar surface area (TPSA) is 92.9 Å². The van der Waals surface area contributed by atoms with Gasteiger partial charge in [0.2, 0.25) is 12.3 Å². The molecular formula is C21H20F3N5O2.